The molecule has 0 aliphatic carbocycles. The van der Waals surface area contributed by atoms with Crippen molar-refractivity contribution < 1.29 is 9.78 Å². The van der Waals surface area contributed by atoms with Gasteiger partial charge < -0.3 is 16.4 Å². The van der Waals surface area contributed by atoms with E-state index in [4.69, 9.17) is 5.73 Å². The van der Waals surface area contributed by atoms with Crippen molar-refractivity contribution in [3.8, 4) is 11.3 Å². The number of nitrogens with one attached hydrogen (secondary N) is 3. The van der Waals surface area contributed by atoms with Gasteiger partial charge >= 0.3 is 0 Å². The Balaban J connectivity index is 1.51. The number of aromatic nitrogens is 2. The van der Waals surface area contributed by atoms with Crippen LogP contribution in [0.25, 0.3) is 11.3 Å². The fourth-order valence-electron chi connectivity index (χ4n) is 2.80. The summed E-state index contributed by atoms with van der Waals surface area (Å²) in [7, 11) is 0. The highest BCUT2D eigenvalue weighted by Gasteiger charge is 2.10. The lowest BCUT2D eigenvalue weighted by Gasteiger charge is -2.11. The molecule has 0 saturated carbocycles. The Morgan fingerprint density at radius 2 is 1.97 bits per heavy atom. The van der Waals surface area contributed by atoms with E-state index in [1.165, 1.54) is 11.3 Å². The number of nitrogens with two attached hydrogens (primary N) is 1. The fraction of sp³-hybridized carbons (Fsp3) is 0.0455. The predicted molar refractivity (Wildman–Crippen MR) is 117 cm³/mol. The van der Waals surface area contributed by atoms with Crippen LogP contribution in [0.15, 0.2) is 72.4 Å². The van der Waals surface area contributed by atoms with Crippen molar-refractivity contribution in [2.75, 3.05) is 16.4 Å². The van der Waals surface area contributed by atoms with E-state index in [0.717, 1.165) is 27.6 Å². The lowest BCUT2D eigenvalue weighted by atomic mass is 10.1. The first kappa shape index (κ1) is 18.6. The van der Waals surface area contributed by atoms with E-state index in [0.29, 0.717) is 16.9 Å². The van der Waals surface area contributed by atoms with Crippen LogP contribution in [0.2, 0.25) is 0 Å². The third kappa shape index (κ3) is 4.41. The number of carbonyl (C=O) groups excluding carboxylic acids is 1. The Morgan fingerprint density at radius 3 is 2.72 bits per heavy atom. The molecule has 1 amide bonds. The Hall–Kier alpha value is -3.71. The molecule has 2 aromatic heterocycles. The van der Waals surface area contributed by atoms with Gasteiger partial charge in [0, 0.05) is 34.1 Å². The predicted octanol–water partition coefficient (Wildman–Crippen LogP) is 4.51. The topological polar surface area (TPSA) is 94.2 Å². The lowest BCUT2D eigenvalue weighted by molar-refractivity contribution is -0.377. The summed E-state index contributed by atoms with van der Waals surface area (Å²) < 4.78 is 0. The molecule has 0 spiro atoms. The van der Waals surface area contributed by atoms with Gasteiger partial charge in [-0.2, -0.15) is 0 Å². The maximum Gasteiger partial charge on any atom is 0.255 e. The maximum absolute atomic E-state index is 12.5. The molecule has 0 aliphatic heterocycles. The number of nitrogen functional groups attached to an aromatic ring is 1. The van der Waals surface area contributed by atoms with Crippen LogP contribution in [-0.2, 0) is 0 Å². The van der Waals surface area contributed by atoms with Crippen LogP contribution < -0.4 is 21.4 Å². The molecule has 0 bridgehead atoms. The average Bonchev–Trinajstić information content (AvgIpc) is 3.20. The molecule has 2 aromatic carbocycles. The lowest BCUT2D eigenvalue weighted by Crippen LogP contribution is -2.12. The van der Waals surface area contributed by atoms with Crippen LogP contribution in [0.4, 0.5) is 22.2 Å². The second-order valence-electron chi connectivity index (χ2n) is 6.56. The summed E-state index contributed by atoms with van der Waals surface area (Å²) in [4.78, 5) is 20.2. The fourth-order valence-corrected chi connectivity index (χ4v) is 3.54. The molecule has 6 nitrogen and oxygen atoms in total. The van der Waals surface area contributed by atoms with E-state index in [1.807, 2.05) is 55.0 Å². The van der Waals surface area contributed by atoms with Crippen molar-refractivity contribution in [1.29, 1.82) is 0 Å². The van der Waals surface area contributed by atoms with Gasteiger partial charge in [0.2, 0.25) is 0 Å². The van der Waals surface area contributed by atoms with Gasteiger partial charge in [-0.05, 0) is 55.0 Å². The number of hydrogen-bond donors (Lipinski definition) is 3. The van der Waals surface area contributed by atoms with Gasteiger partial charge in [-0.25, -0.2) is 9.97 Å². The number of amides is 1. The van der Waals surface area contributed by atoms with E-state index in [-0.39, 0.29) is 5.91 Å². The van der Waals surface area contributed by atoms with Crippen molar-refractivity contribution in [3.63, 3.8) is 0 Å². The first-order valence-corrected chi connectivity index (χ1v) is 9.93. The number of pyridine rings is 1. The second kappa shape index (κ2) is 8.12. The minimum absolute atomic E-state index is 0.184. The van der Waals surface area contributed by atoms with Crippen LogP contribution in [0.1, 0.15) is 15.9 Å². The zero-order valence-corrected chi connectivity index (χ0v) is 16.6. The highest BCUT2D eigenvalue weighted by molar-refractivity contribution is 7.14. The number of anilines is 4. The van der Waals surface area contributed by atoms with Gasteiger partial charge in [0.25, 0.3) is 5.91 Å². The van der Waals surface area contributed by atoms with Gasteiger partial charge in [0.1, 0.15) is 0 Å². The highest BCUT2D eigenvalue weighted by Crippen LogP contribution is 2.29. The largest absolute Gasteiger partial charge is 0.399 e. The Kier molecular flexibility index (Phi) is 5.22. The Morgan fingerprint density at radius 1 is 1.14 bits per heavy atom. The number of nitrogens with zero attached hydrogens (tertiary/aromatic N) is 1. The van der Waals surface area contributed by atoms with E-state index in [2.05, 4.69) is 20.6 Å². The molecular formula is C22H20N5OS+. The molecule has 0 aliphatic rings. The number of aryl methyl sites for hydroxylation is 1. The minimum Gasteiger partial charge on any atom is -0.399 e. The summed E-state index contributed by atoms with van der Waals surface area (Å²) in [5.74, 6) is -0.184. The van der Waals surface area contributed by atoms with E-state index in [9.17, 15) is 4.79 Å². The molecule has 0 atom stereocenters. The van der Waals surface area contributed by atoms with Crippen LogP contribution in [0.5, 0.6) is 0 Å². The second-order valence-corrected chi connectivity index (χ2v) is 7.42. The number of carbonyl (C=O) groups is 1. The summed E-state index contributed by atoms with van der Waals surface area (Å²) in [6, 6.07) is 16.5. The zero-order chi connectivity index (χ0) is 20.2. The van der Waals surface area contributed by atoms with Crippen LogP contribution >= 0.6 is 11.3 Å². The number of thiazole rings is 1. The molecule has 4 aromatic rings. The molecule has 29 heavy (non-hydrogen) atoms. The summed E-state index contributed by atoms with van der Waals surface area (Å²) in [5, 5.41) is 9.07. The number of H-pyrrole nitrogens is 1. The van der Waals surface area contributed by atoms with Crippen molar-refractivity contribution in [1.82, 2.24) is 4.98 Å². The van der Waals surface area contributed by atoms with Gasteiger partial charge in [-0.3, -0.25) is 4.79 Å². The standard InChI is InChI=1S/C22H19N5OS/c1-14-4-9-18(25-21(28)15-5-7-17(23)8-6-15)11-19(14)26-22-27-20(13-29-22)16-3-2-10-24-12-16/h2-13H,23H2,1H3,(H,25,28)(H,26,27)/p+1. The zero-order valence-electron chi connectivity index (χ0n) is 15.8. The summed E-state index contributed by atoms with van der Waals surface area (Å²) >= 11 is 1.53. The SMILES string of the molecule is Cc1ccc(NC(=O)c2ccc(N)cc2)cc1Nc1nc(-c2ccc[nH+]c2)cs1. The van der Waals surface area contributed by atoms with Gasteiger partial charge in [-0.15, -0.1) is 11.3 Å². The molecule has 0 saturated heterocycles. The summed E-state index contributed by atoms with van der Waals surface area (Å²) in [5.41, 5.74) is 11.4. The third-order valence-corrected chi connectivity index (χ3v) is 5.17. The molecule has 144 valence electrons. The quantitative estimate of drug-likeness (QED) is 0.428. The Bertz CT molecular complexity index is 1140. The molecule has 4 rings (SSSR count). The normalized spacial score (nSPS) is 10.5. The average molecular weight is 403 g/mol. The molecule has 7 heteroatoms. The van der Waals surface area contributed by atoms with E-state index >= 15 is 0 Å². The van der Waals surface area contributed by atoms with Crippen LogP contribution in [-0.4, -0.2) is 10.9 Å². The first-order chi connectivity index (χ1) is 14.1. The molecule has 5 N–H and O–H groups in total. The molecule has 0 fully saturated rings. The van der Waals surface area contributed by atoms with Gasteiger partial charge in [0.15, 0.2) is 17.5 Å². The monoisotopic (exact) mass is 402 g/mol. The summed E-state index contributed by atoms with van der Waals surface area (Å²) in [6.07, 6.45) is 3.78. The van der Waals surface area contributed by atoms with Crippen LogP contribution in [0.3, 0.4) is 0 Å². The first-order valence-electron chi connectivity index (χ1n) is 9.05. The van der Waals surface area contributed by atoms with E-state index < -0.39 is 0 Å². The molecule has 0 unspecified atom stereocenters. The van der Waals surface area contributed by atoms with Gasteiger partial charge in [-0.1, -0.05) is 6.07 Å². The molecule has 0 radical (unpaired) electrons. The third-order valence-electron chi connectivity index (χ3n) is 4.42. The Labute approximate surface area is 172 Å². The van der Waals surface area contributed by atoms with Crippen molar-refractivity contribution in [2.45, 2.75) is 6.92 Å². The molecule has 2 heterocycles. The smallest absolute Gasteiger partial charge is 0.255 e. The van der Waals surface area contributed by atoms with Crippen molar-refractivity contribution in [2.24, 2.45) is 0 Å². The number of aromatic amines is 1. The van der Waals surface area contributed by atoms with Crippen molar-refractivity contribution in [3.05, 3.63) is 83.5 Å². The number of rotatable bonds is 5. The van der Waals surface area contributed by atoms with Crippen LogP contribution in [0, 0.1) is 6.92 Å². The number of hydrogen-bond acceptors (Lipinski definition) is 5. The van der Waals surface area contributed by atoms with Gasteiger partial charge in [0.05, 0.1) is 11.3 Å². The molecular weight excluding hydrogens is 382 g/mol. The highest BCUT2D eigenvalue weighted by atomic mass is 32.1. The van der Waals surface area contributed by atoms with Crippen molar-refractivity contribution >= 4 is 39.4 Å². The van der Waals surface area contributed by atoms with E-state index in [1.54, 1.807) is 24.3 Å². The number of benzene rings is 2. The minimum atomic E-state index is -0.184. The summed E-state index contributed by atoms with van der Waals surface area (Å²) in [6.45, 7) is 2.01. The maximum atomic E-state index is 12.5.